The lowest BCUT2D eigenvalue weighted by Crippen LogP contribution is -2.39. The molecule has 2 aliphatic heterocycles. The normalized spacial score (nSPS) is 18.3. The van der Waals surface area contributed by atoms with Crippen LogP contribution in [0, 0.1) is 24.2 Å². The highest BCUT2D eigenvalue weighted by Crippen LogP contribution is 2.30. The number of aromatic nitrogens is 5. The van der Waals surface area contributed by atoms with Crippen molar-refractivity contribution in [3.63, 3.8) is 0 Å². The summed E-state index contributed by atoms with van der Waals surface area (Å²) in [4.78, 5) is 18.2. The summed E-state index contributed by atoms with van der Waals surface area (Å²) in [5.74, 6) is 2.91. The van der Waals surface area contributed by atoms with E-state index in [1.165, 1.54) is 51.6 Å². The fourth-order valence-corrected chi connectivity index (χ4v) is 5.12. The quantitative estimate of drug-likeness (QED) is 0.571. The van der Waals surface area contributed by atoms with Crippen LogP contribution in [0.3, 0.4) is 0 Å². The molecule has 0 saturated carbocycles. The number of fused-ring (bicyclic) bond motifs is 1. The van der Waals surface area contributed by atoms with Gasteiger partial charge in [-0.2, -0.15) is 10.4 Å². The van der Waals surface area contributed by atoms with Crippen LogP contribution in [-0.2, 0) is 0 Å². The fraction of sp³-hybridized carbons (Fsp3) is 0.542. The first-order chi connectivity index (χ1) is 16.5. The molecular weight excluding hydrogens is 428 g/mol. The van der Waals surface area contributed by atoms with E-state index in [-0.39, 0.29) is 17.4 Å². The average molecular weight is 461 g/mol. The van der Waals surface area contributed by atoms with Crippen molar-refractivity contribution in [2.24, 2.45) is 5.92 Å². The Hall–Kier alpha value is -3.45. The van der Waals surface area contributed by atoms with Crippen LogP contribution >= 0.6 is 0 Å². The van der Waals surface area contributed by atoms with Crippen LogP contribution in [0.5, 0.6) is 0 Å². The summed E-state index contributed by atoms with van der Waals surface area (Å²) in [5.41, 5.74) is 8.30. The number of piperidine rings is 1. The van der Waals surface area contributed by atoms with Gasteiger partial charge in [-0.15, -0.1) is 0 Å². The predicted molar refractivity (Wildman–Crippen MR) is 132 cm³/mol. The van der Waals surface area contributed by atoms with Gasteiger partial charge >= 0.3 is 0 Å². The second-order valence-electron chi connectivity index (χ2n) is 9.48. The van der Waals surface area contributed by atoms with E-state index in [1.54, 1.807) is 0 Å². The minimum atomic E-state index is -0.278. The van der Waals surface area contributed by atoms with Crippen LogP contribution in [0.15, 0.2) is 18.6 Å². The molecule has 0 aromatic carbocycles. The van der Waals surface area contributed by atoms with Gasteiger partial charge < -0.3 is 20.9 Å². The molecule has 0 aliphatic carbocycles. The third-order valence-corrected chi connectivity index (χ3v) is 7.07. The predicted octanol–water partition coefficient (Wildman–Crippen LogP) is 2.77. The maximum Gasteiger partial charge on any atom is 0.173 e. The molecule has 3 N–H and O–H groups in total. The van der Waals surface area contributed by atoms with Crippen LogP contribution in [-0.4, -0.2) is 62.2 Å². The van der Waals surface area contributed by atoms with Gasteiger partial charge in [-0.1, -0.05) is 0 Å². The molecular formula is C24H32N10. The Morgan fingerprint density at radius 3 is 2.71 bits per heavy atom. The molecule has 5 heterocycles. The Morgan fingerprint density at radius 2 is 1.97 bits per heavy atom. The summed E-state index contributed by atoms with van der Waals surface area (Å²) in [7, 11) is 0. The largest absolute Gasteiger partial charge is 0.382 e. The van der Waals surface area contributed by atoms with Crippen molar-refractivity contribution in [3.05, 3.63) is 35.5 Å². The molecule has 178 valence electrons. The lowest BCUT2D eigenvalue weighted by atomic mass is 9.96. The van der Waals surface area contributed by atoms with Crippen molar-refractivity contribution in [1.29, 1.82) is 5.26 Å². The zero-order valence-corrected chi connectivity index (χ0v) is 19.9. The zero-order valence-electron chi connectivity index (χ0n) is 19.9. The minimum absolute atomic E-state index is 0.155. The van der Waals surface area contributed by atoms with Gasteiger partial charge in [0, 0.05) is 25.8 Å². The molecule has 0 spiro atoms. The summed E-state index contributed by atoms with van der Waals surface area (Å²) >= 11 is 0. The molecule has 2 fully saturated rings. The number of anilines is 3. The Kier molecular flexibility index (Phi) is 6.20. The second-order valence-corrected chi connectivity index (χ2v) is 9.48. The maximum absolute atomic E-state index is 9.46. The SMILES string of the molecule is Cc1ccn2nc(C(C)Nc3ncnc(N)c3C#N)nc(N3CCC(CN4CCCC4)CC3)c12. The highest BCUT2D eigenvalue weighted by atomic mass is 15.3. The van der Waals surface area contributed by atoms with Gasteiger partial charge in [0.2, 0.25) is 0 Å². The number of likely N-dealkylation sites (tertiary alicyclic amines) is 1. The molecule has 34 heavy (non-hydrogen) atoms. The van der Waals surface area contributed by atoms with Crippen LogP contribution in [0.25, 0.3) is 5.52 Å². The number of hydrogen-bond donors (Lipinski definition) is 2. The first kappa shape index (κ1) is 22.3. The summed E-state index contributed by atoms with van der Waals surface area (Å²) in [6, 6.07) is 3.88. The monoisotopic (exact) mass is 460 g/mol. The van der Waals surface area contributed by atoms with Gasteiger partial charge in [0.15, 0.2) is 11.6 Å². The van der Waals surface area contributed by atoms with Crippen LogP contribution in [0.1, 0.15) is 55.6 Å². The van der Waals surface area contributed by atoms with E-state index in [0.29, 0.717) is 11.6 Å². The third-order valence-electron chi connectivity index (χ3n) is 7.07. The molecule has 2 aliphatic rings. The molecule has 1 unspecified atom stereocenters. The van der Waals surface area contributed by atoms with Crippen molar-refractivity contribution >= 4 is 23.0 Å². The van der Waals surface area contributed by atoms with Crippen molar-refractivity contribution in [3.8, 4) is 6.07 Å². The summed E-state index contributed by atoms with van der Waals surface area (Å²) < 4.78 is 1.92. The first-order valence-corrected chi connectivity index (χ1v) is 12.1. The van der Waals surface area contributed by atoms with E-state index in [2.05, 4.69) is 44.1 Å². The lowest BCUT2D eigenvalue weighted by molar-refractivity contribution is 0.249. The van der Waals surface area contributed by atoms with Gasteiger partial charge in [-0.05, 0) is 70.2 Å². The van der Waals surface area contributed by atoms with E-state index in [0.717, 1.165) is 35.9 Å². The van der Waals surface area contributed by atoms with Gasteiger partial charge in [0.05, 0.1) is 6.04 Å². The van der Waals surface area contributed by atoms with E-state index < -0.39 is 0 Å². The van der Waals surface area contributed by atoms with Crippen LogP contribution < -0.4 is 16.0 Å². The smallest absolute Gasteiger partial charge is 0.173 e. The summed E-state index contributed by atoms with van der Waals surface area (Å²) in [6.45, 7) is 9.81. The molecule has 10 nitrogen and oxygen atoms in total. The number of rotatable bonds is 6. The molecule has 1 atom stereocenters. The van der Waals surface area contributed by atoms with Gasteiger partial charge in [-0.3, -0.25) is 0 Å². The van der Waals surface area contributed by atoms with Gasteiger partial charge in [-0.25, -0.2) is 19.5 Å². The number of nitrogens with zero attached hydrogens (tertiary/aromatic N) is 8. The number of aryl methyl sites for hydroxylation is 1. The number of nitrogen functional groups attached to an aromatic ring is 1. The molecule has 5 rings (SSSR count). The number of nitriles is 1. The van der Waals surface area contributed by atoms with Crippen molar-refractivity contribution in [2.45, 2.75) is 45.6 Å². The number of nitrogens with two attached hydrogens (primary N) is 1. The van der Waals surface area contributed by atoms with E-state index in [9.17, 15) is 5.26 Å². The zero-order chi connectivity index (χ0) is 23.7. The lowest BCUT2D eigenvalue weighted by Gasteiger charge is -2.35. The summed E-state index contributed by atoms with van der Waals surface area (Å²) in [5, 5.41) is 17.5. The molecule has 3 aromatic rings. The van der Waals surface area contributed by atoms with Crippen molar-refractivity contribution < 1.29 is 0 Å². The molecule has 3 aromatic heterocycles. The number of hydrogen-bond acceptors (Lipinski definition) is 9. The topological polar surface area (TPSA) is 124 Å². The Labute approximate surface area is 199 Å². The van der Waals surface area contributed by atoms with E-state index >= 15 is 0 Å². The number of nitrogens with one attached hydrogen (secondary N) is 1. The van der Waals surface area contributed by atoms with Crippen molar-refractivity contribution in [1.82, 2.24) is 29.5 Å². The summed E-state index contributed by atoms with van der Waals surface area (Å²) in [6.07, 6.45) is 8.38. The van der Waals surface area contributed by atoms with Gasteiger partial charge in [0.25, 0.3) is 0 Å². The fourth-order valence-electron chi connectivity index (χ4n) is 5.12. The highest BCUT2D eigenvalue weighted by Gasteiger charge is 2.26. The molecule has 0 radical (unpaired) electrons. The Morgan fingerprint density at radius 1 is 1.21 bits per heavy atom. The van der Waals surface area contributed by atoms with Crippen LogP contribution in [0.2, 0.25) is 0 Å². The minimum Gasteiger partial charge on any atom is -0.382 e. The first-order valence-electron chi connectivity index (χ1n) is 12.1. The third kappa shape index (κ3) is 4.35. The second kappa shape index (κ2) is 9.43. The van der Waals surface area contributed by atoms with Crippen molar-refractivity contribution in [2.75, 3.05) is 48.7 Å². The average Bonchev–Trinajstić information content (AvgIpc) is 3.49. The van der Waals surface area contributed by atoms with Gasteiger partial charge in [0.1, 0.15) is 35.1 Å². The molecule has 2 saturated heterocycles. The van der Waals surface area contributed by atoms with Crippen LogP contribution in [0.4, 0.5) is 17.5 Å². The Bertz CT molecular complexity index is 1200. The maximum atomic E-state index is 9.46. The van der Waals surface area contributed by atoms with E-state index in [1.807, 2.05) is 17.6 Å². The standard InChI is InChI=1S/C24H32N10/c1-16-5-12-34-20(16)24(33-10-6-18(7-11-33)14-32-8-3-4-9-32)30-22(31-34)17(2)29-23-19(13-25)21(26)27-15-28-23/h5,12,15,17-18H,3-4,6-11,14H2,1-2H3,(H3,26,27,28,29). The van der Waals surface area contributed by atoms with E-state index in [4.69, 9.17) is 15.8 Å². The molecule has 10 heteroatoms. The molecule has 0 bridgehead atoms. The molecule has 0 amide bonds. The Balaban J connectivity index is 1.38. The highest BCUT2D eigenvalue weighted by molar-refractivity contribution is 5.73.